The number of nitrogens with one attached hydrogen (secondary N) is 2. The minimum Gasteiger partial charge on any atom is -0.323 e. The number of aryl methyl sites for hydroxylation is 4. The van der Waals surface area contributed by atoms with Gasteiger partial charge in [0.05, 0.1) is 21.4 Å². The normalized spacial score (nSPS) is 12.6. The number of rotatable bonds is 11. The predicted molar refractivity (Wildman–Crippen MR) is 189 cm³/mol. The van der Waals surface area contributed by atoms with Crippen molar-refractivity contribution in [1.82, 2.24) is 0 Å². The molecule has 0 saturated heterocycles. The van der Waals surface area contributed by atoms with Gasteiger partial charge in [-0.15, -0.1) is 0 Å². The molecule has 0 fully saturated rings. The molecule has 48 heavy (non-hydrogen) atoms. The summed E-state index contributed by atoms with van der Waals surface area (Å²) in [6.07, 6.45) is 0. The van der Waals surface area contributed by atoms with Crippen LogP contribution >= 0.6 is 23.2 Å². The fourth-order valence-electron chi connectivity index (χ4n) is 4.86. The Bertz CT molecular complexity index is 1790. The third kappa shape index (κ3) is 8.64. The Labute approximate surface area is 288 Å². The van der Waals surface area contributed by atoms with Crippen LogP contribution in [0, 0.1) is 27.7 Å². The summed E-state index contributed by atoms with van der Waals surface area (Å²) in [4.78, 5) is 50.4. The number of azo groups is 2. The van der Waals surface area contributed by atoms with Gasteiger partial charge in [0.15, 0.2) is 11.6 Å². The molecule has 2 amide bonds. The van der Waals surface area contributed by atoms with Crippen LogP contribution in [-0.4, -0.2) is 35.5 Å². The van der Waals surface area contributed by atoms with Gasteiger partial charge in [0.1, 0.15) is 0 Å². The van der Waals surface area contributed by atoms with Crippen molar-refractivity contribution in [2.45, 2.75) is 53.6 Å². The zero-order valence-electron chi connectivity index (χ0n) is 27.3. The molecule has 246 valence electrons. The first-order valence-electron chi connectivity index (χ1n) is 14.9. The van der Waals surface area contributed by atoms with Crippen LogP contribution in [0.2, 0.25) is 10.0 Å². The Morgan fingerprint density at radius 1 is 0.562 bits per heavy atom. The van der Waals surface area contributed by atoms with Crippen LogP contribution in [0.5, 0.6) is 0 Å². The first-order chi connectivity index (χ1) is 22.8. The number of ketones is 2. The Morgan fingerprint density at radius 2 is 0.896 bits per heavy atom. The van der Waals surface area contributed by atoms with E-state index in [0.717, 1.165) is 22.3 Å². The summed E-state index contributed by atoms with van der Waals surface area (Å²) >= 11 is 13.2. The van der Waals surface area contributed by atoms with Crippen molar-refractivity contribution < 1.29 is 19.2 Å². The van der Waals surface area contributed by atoms with E-state index in [9.17, 15) is 19.2 Å². The molecule has 2 atom stereocenters. The molecule has 4 rings (SSSR count). The quantitative estimate of drug-likeness (QED) is 0.120. The molecule has 0 radical (unpaired) electrons. The molecule has 0 aromatic heterocycles. The molecule has 2 N–H and O–H groups in total. The second-order valence-corrected chi connectivity index (χ2v) is 12.1. The Morgan fingerprint density at radius 3 is 1.19 bits per heavy atom. The van der Waals surface area contributed by atoms with Crippen LogP contribution in [0.15, 0.2) is 93.3 Å². The summed E-state index contributed by atoms with van der Waals surface area (Å²) in [6.45, 7) is 9.99. The number of anilines is 2. The first-order valence-corrected chi connectivity index (χ1v) is 15.7. The van der Waals surface area contributed by atoms with Gasteiger partial charge in [0.2, 0.25) is 12.1 Å². The lowest BCUT2D eigenvalue weighted by Crippen LogP contribution is -2.32. The van der Waals surface area contributed by atoms with Gasteiger partial charge in [-0.3, -0.25) is 19.2 Å². The number of para-hydroxylation sites is 2. The molecule has 2 unspecified atom stereocenters. The van der Waals surface area contributed by atoms with Gasteiger partial charge < -0.3 is 10.6 Å². The van der Waals surface area contributed by atoms with Crippen molar-refractivity contribution in [1.29, 1.82) is 0 Å². The summed E-state index contributed by atoms with van der Waals surface area (Å²) in [5.74, 6) is -2.12. The third-order valence-corrected chi connectivity index (χ3v) is 8.12. The molecule has 10 nitrogen and oxygen atoms in total. The van der Waals surface area contributed by atoms with Gasteiger partial charge in [0, 0.05) is 22.5 Å². The summed E-state index contributed by atoms with van der Waals surface area (Å²) in [6, 6.07) is 18.2. The van der Waals surface area contributed by atoms with Gasteiger partial charge in [-0.25, -0.2) is 0 Å². The molecular weight excluding hydrogens is 651 g/mol. The van der Waals surface area contributed by atoms with Crippen molar-refractivity contribution in [2.75, 3.05) is 10.6 Å². The van der Waals surface area contributed by atoms with Gasteiger partial charge in [-0.2, -0.15) is 20.5 Å². The van der Waals surface area contributed by atoms with E-state index in [-0.39, 0.29) is 0 Å². The number of carbonyl (C=O) groups excluding carboxylic acids is 4. The molecule has 4 aromatic carbocycles. The van der Waals surface area contributed by atoms with Gasteiger partial charge in [-0.1, -0.05) is 71.7 Å². The fourth-order valence-corrected chi connectivity index (χ4v) is 5.41. The molecule has 0 saturated carbocycles. The molecule has 0 spiro atoms. The average molecular weight is 686 g/mol. The van der Waals surface area contributed by atoms with E-state index in [2.05, 4.69) is 31.1 Å². The first kappa shape index (κ1) is 35.8. The van der Waals surface area contributed by atoms with E-state index in [1.165, 1.54) is 26.0 Å². The van der Waals surface area contributed by atoms with Crippen LogP contribution in [0.4, 0.5) is 22.7 Å². The number of halogens is 2. The Kier molecular flexibility index (Phi) is 11.7. The molecular formula is C36H34Cl2N6O4. The van der Waals surface area contributed by atoms with E-state index < -0.39 is 35.5 Å². The Balaban J connectivity index is 1.49. The number of carbonyl (C=O) groups is 4. The second kappa shape index (κ2) is 15.7. The highest BCUT2D eigenvalue weighted by Crippen LogP contribution is 2.37. The van der Waals surface area contributed by atoms with Crippen molar-refractivity contribution in [3.05, 3.63) is 105 Å². The predicted octanol–water partition coefficient (Wildman–Crippen LogP) is 9.25. The van der Waals surface area contributed by atoms with E-state index >= 15 is 0 Å². The number of amides is 2. The van der Waals surface area contributed by atoms with E-state index in [4.69, 9.17) is 23.2 Å². The number of benzene rings is 4. The fraction of sp³-hybridized carbons (Fsp3) is 0.222. The van der Waals surface area contributed by atoms with Crippen LogP contribution in [0.1, 0.15) is 36.1 Å². The maximum atomic E-state index is 12.9. The van der Waals surface area contributed by atoms with E-state index in [0.29, 0.717) is 43.9 Å². The van der Waals surface area contributed by atoms with Crippen molar-refractivity contribution in [2.24, 2.45) is 20.5 Å². The monoisotopic (exact) mass is 684 g/mol. The largest absolute Gasteiger partial charge is 0.323 e. The number of Topliss-reactive ketones (excluding diaryl/α,β-unsaturated/α-hetero) is 2. The molecule has 0 aliphatic heterocycles. The van der Waals surface area contributed by atoms with Crippen LogP contribution in [-0.2, 0) is 19.2 Å². The van der Waals surface area contributed by atoms with Crippen molar-refractivity contribution >= 4 is 69.3 Å². The lowest BCUT2D eigenvalue weighted by atomic mass is 10.0. The third-order valence-electron chi connectivity index (χ3n) is 7.50. The molecule has 0 heterocycles. The maximum Gasteiger partial charge on any atom is 0.258 e. The summed E-state index contributed by atoms with van der Waals surface area (Å²) in [5.41, 5.74) is 6.48. The number of hydrogen-bond donors (Lipinski definition) is 2. The maximum absolute atomic E-state index is 12.9. The zero-order chi connectivity index (χ0) is 35.1. The minimum absolute atomic E-state index is 0.293. The molecule has 0 aliphatic rings. The Hall–Kier alpha value is -5.06. The van der Waals surface area contributed by atoms with Crippen molar-refractivity contribution in [3.63, 3.8) is 0 Å². The van der Waals surface area contributed by atoms with Crippen molar-refractivity contribution in [3.8, 4) is 11.1 Å². The summed E-state index contributed by atoms with van der Waals surface area (Å²) in [5, 5.41) is 22.4. The summed E-state index contributed by atoms with van der Waals surface area (Å²) < 4.78 is 0. The minimum atomic E-state index is -1.35. The van der Waals surface area contributed by atoms with E-state index in [1.54, 1.807) is 24.3 Å². The van der Waals surface area contributed by atoms with E-state index in [1.807, 2.05) is 64.1 Å². The number of nitrogens with zero attached hydrogens (tertiary/aromatic N) is 4. The van der Waals surface area contributed by atoms with Crippen LogP contribution < -0.4 is 10.6 Å². The summed E-state index contributed by atoms with van der Waals surface area (Å²) in [7, 11) is 0. The van der Waals surface area contributed by atoms with Gasteiger partial charge >= 0.3 is 0 Å². The molecule has 12 heteroatoms. The highest BCUT2D eigenvalue weighted by Gasteiger charge is 2.25. The average Bonchev–Trinajstić information content (AvgIpc) is 3.01. The lowest BCUT2D eigenvalue weighted by molar-refractivity contribution is -0.127. The highest BCUT2D eigenvalue weighted by molar-refractivity contribution is 6.36. The molecule has 0 bridgehead atoms. The van der Waals surface area contributed by atoms with Crippen LogP contribution in [0.3, 0.4) is 0 Å². The lowest BCUT2D eigenvalue weighted by Gasteiger charge is -2.14. The topological polar surface area (TPSA) is 142 Å². The van der Waals surface area contributed by atoms with Gasteiger partial charge in [0.25, 0.3) is 11.8 Å². The SMILES string of the molecule is CC(=O)C(N=Nc1ccc(-c2ccc(N=NC(C(C)=O)C(=O)Nc3c(C)cccc3C)cc2Cl)c(Cl)c1)C(=O)Nc1c(C)cccc1C. The second-order valence-electron chi connectivity index (χ2n) is 11.3. The van der Waals surface area contributed by atoms with Gasteiger partial charge in [-0.05, 0) is 88.1 Å². The number of hydrogen-bond acceptors (Lipinski definition) is 8. The standard InChI is InChI=1S/C36H34Cl2N6O4/c1-19-9-7-10-20(2)31(19)39-35(47)33(23(5)45)43-41-25-13-15-27(29(37)17-25)28-16-14-26(18-30(28)38)42-44-34(24(6)46)36(48)40-32-21(3)11-8-12-22(32)4/h7-18,33-34H,1-6H3,(H,39,47)(H,40,48). The molecule has 0 aliphatic carbocycles. The van der Waals surface area contributed by atoms with Crippen LogP contribution in [0.25, 0.3) is 11.1 Å². The molecule has 4 aromatic rings. The zero-order valence-corrected chi connectivity index (χ0v) is 28.8. The highest BCUT2D eigenvalue weighted by atomic mass is 35.5. The smallest absolute Gasteiger partial charge is 0.258 e.